The first kappa shape index (κ1) is 21.4. The van der Waals surface area contributed by atoms with Crippen molar-refractivity contribution in [1.29, 1.82) is 0 Å². The van der Waals surface area contributed by atoms with Crippen molar-refractivity contribution in [2.24, 2.45) is 0 Å². The highest BCUT2D eigenvalue weighted by Gasteiger charge is 2.27. The Bertz CT molecular complexity index is 1090. The zero-order valence-electron chi connectivity index (χ0n) is 15.3. The average Bonchev–Trinajstić information content (AvgIpc) is 3.22. The molecule has 3 aromatic rings. The van der Waals surface area contributed by atoms with Gasteiger partial charge in [-0.25, -0.2) is 4.98 Å². The Balaban J connectivity index is 1.65. The van der Waals surface area contributed by atoms with Crippen LogP contribution in [-0.2, 0) is 4.79 Å². The van der Waals surface area contributed by atoms with E-state index in [1.807, 2.05) is 0 Å². The highest BCUT2D eigenvalue weighted by Crippen LogP contribution is 2.22. The van der Waals surface area contributed by atoms with Crippen LogP contribution in [0.5, 0.6) is 0 Å². The molecule has 0 fully saturated rings. The van der Waals surface area contributed by atoms with Crippen LogP contribution in [0.3, 0.4) is 0 Å². The van der Waals surface area contributed by atoms with Crippen LogP contribution in [0.1, 0.15) is 10.4 Å². The number of imidazole rings is 1. The quantitative estimate of drug-likeness (QED) is 0.619. The number of H-pyrrole nitrogens is 1. The second-order valence-corrected chi connectivity index (χ2v) is 7.11. The van der Waals surface area contributed by atoms with Crippen LogP contribution in [0.2, 0.25) is 0 Å². The van der Waals surface area contributed by atoms with Crippen LogP contribution in [-0.4, -0.2) is 44.0 Å². The number of hydrogen-bond donors (Lipinski definition) is 2. The van der Waals surface area contributed by atoms with Crippen LogP contribution >= 0.6 is 11.8 Å². The first-order valence-corrected chi connectivity index (χ1v) is 9.69. The van der Waals surface area contributed by atoms with Gasteiger partial charge in [0.1, 0.15) is 11.9 Å². The van der Waals surface area contributed by atoms with Crippen molar-refractivity contribution in [3.8, 4) is 11.3 Å². The Hall–Kier alpha value is -3.34. The summed E-state index contributed by atoms with van der Waals surface area (Å²) < 4.78 is 37.5. The van der Waals surface area contributed by atoms with Crippen molar-refractivity contribution in [1.82, 2.24) is 14.5 Å². The standard InChI is InChI=1S/C19H15F3N4O3S/c20-19(21,22)10-30-9-16(27)24-13-3-1-12(2-4-13)15-6-5-14(17(28)25-15)18(29)26-8-7-23-11-26/h1-8,11H,9-10H2,(H,24,27)(H,25,28). The summed E-state index contributed by atoms with van der Waals surface area (Å²) in [6.45, 7) is 0. The predicted octanol–water partition coefficient (Wildman–Crippen LogP) is 3.16. The number of pyridine rings is 1. The van der Waals surface area contributed by atoms with E-state index in [1.54, 1.807) is 30.3 Å². The lowest BCUT2D eigenvalue weighted by atomic mass is 10.1. The Morgan fingerprint density at radius 3 is 2.47 bits per heavy atom. The third kappa shape index (κ3) is 5.60. The molecule has 0 atom stereocenters. The molecule has 0 aliphatic carbocycles. The zero-order valence-corrected chi connectivity index (χ0v) is 16.1. The molecule has 30 heavy (non-hydrogen) atoms. The molecule has 0 aliphatic heterocycles. The normalized spacial score (nSPS) is 11.3. The Morgan fingerprint density at radius 2 is 1.87 bits per heavy atom. The van der Waals surface area contributed by atoms with Gasteiger partial charge >= 0.3 is 6.18 Å². The molecule has 0 unspecified atom stereocenters. The average molecular weight is 436 g/mol. The van der Waals surface area contributed by atoms with Gasteiger partial charge in [0.15, 0.2) is 0 Å². The van der Waals surface area contributed by atoms with Gasteiger partial charge in [-0.05, 0) is 29.8 Å². The van der Waals surface area contributed by atoms with Crippen LogP contribution in [0.15, 0.2) is 59.9 Å². The van der Waals surface area contributed by atoms with E-state index >= 15 is 0 Å². The zero-order chi connectivity index (χ0) is 21.7. The highest BCUT2D eigenvalue weighted by molar-refractivity contribution is 8.00. The van der Waals surface area contributed by atoms with Gasteiger partial charge in [0, 0.05) is 23.8 Å². The van der Waals surface area contributed by atoms with Gasteiger partial charge in [0.25, 0.3) is 11.5 Å². The fraction of sp³-hybridized carbons (Fsp3) is 0.158. The van der Waals surface area contributed by atoms with Gasteiger partial charge in [-0.15, -0.1) is 11.8 Å². The molecule has 0 saturated carbocycles. The summed E-state index contributed by atoms with van der Waals surface area (Å²) in [6, 6.07) is 9.36. The molecule has 1 aromatic carbocycles. The first-order chi connectivity index (χ1) is 14.2. The van der Waals surface area contributed by atoms with Crippen molar-refractivity contribution in [3.05, 3.63) is 71.0 Å². The molecular formula is C19H15F3N4O3S. The number of alkyl halides is 3. The van der Waals surface area contributed by atoms with E-state index in [4.69, 9.17) is 0 Å². The minimum Gasteiger partial charge on any atom is -0.325 e. The van der Waals surface area contributed by atoms with E-state index in [9.17, 15) is 27.6 Å². The molecular weight excluding hydrogens is 421 g/mol. The molecule has 0 bridgehead atoms. The van der Waals surface area contributed by atoms with Crippen molar-refractivity contribution in [2.75, 3.05) is 16.8 Å². The number of carbonyl (C=O) groups is 2. The van der Waals surface area contributed by atoms with Gasteiger partial charge in [-0.3, -0.25) is 19.0 Å². The van der Waals surface area contributed by atoms with Crippen LogP contribution < -0.4 is 10.9 Å². The maximum absolute atomic E-state index is 12.3. The van der Waals surface area contributed by atoms with Crippen molar-refractivity contribution in [2.45, 2.75) is 6.18 Å². The fourth-order valence-corrected chi connectivity index (χ4v) is 3.11. The number of benzene rings is 1. The lowest BCUT2D eigenvalue weighted by molar-refractivity contribution is -0.113. The second-order valence-electron chi connectivity index (χ2n) is 6.12. The van der Waals surface area contributed by atoms with Crippen molar-refractivity contribution >= 4 is 29.3 Å². The molecule has 7 nitrogen and oxygen atoms in total. The largest absolute Gasteiger partial charge is 0.397 e. The summed E-state index contributed by atoms with van der Waals surface area (Å²) in [5.74, 6) is -2.47. The maximum Gasteiger partial charge on any atom is 0.397 e. The number of halogens is 3. The summed E-state index contributed by atoms with van der Waals surface area (Å²) in [4.78, 5) is 42.6. The van der Waals surface area contributed by atoms with Crippen molar-refractivity contribution < 1.29 is 22.8 Å². The number of hydrogen-bond acceptors (Lipinski definition) is 5. The van der Waals surface area contributed by atoms with E-state index in [0.717, 1.165) is 0 Å². The number of carbonyl (C=O) groups excluding carboxylic acids is 2. The third-order valence-electron chi connectivity index (χ3n) is 3.86. The van der Waals surface area contributed by atoms with Crippen LogP contribution in [0.25, 0.3) is 11.3 Å². The van der Waals surface area contributed by atoms with E-state index in [1.165, 1.54) is 29.4 Å². The first-order valence-electron chi connectivity index (χ1n) is 8.54. The predicted molar refractivity (Wildman–Crippen MR) is 106 cm³/mol. The molecule has 156 valence electrons. The smallest absolute Gasteiger partial charge is 0.325 e. The Labute approximate surface area is 172 Å². The number of aromatic amines is 1. The van der Waals surface area contributed by atoms with Crippen LogP contribution in [0.4, 0.5) is 18.9 Å². The van der Waals surface area contributed by atoms with E-state index in [-0.39, 0.29) is 11.3 Å². The molecule has 2 heterocycles. The lowest BCUT2D eigenvalue weighted by Gasteiger charge is -2.08. The lowest BCUT2D eigenvalue weighted by Crippen LogP contribution is -2.22. The summed E-state index contributed by atoms with van der Waals surface area (Å²) in [7, 11) is 0. The number of aromatic nitrogens is 3. The summed E-state index contributed by atoms with van der Waals surface area (Å²) >= 11 is 0.482. The number of nitrogens with one attached hydrogen (secondary N) is 2. The number of amides is 1. The SMILES string of the molecule is O=C(CSCC(F)(F)F)Nc1ccc(-c2ccc(C(=O)n3ccnc3)c(=O)[nH]2)cc1. The Kier molecular flexibility index (Phi) is 6.40. The number of anilines is 1. The molecule has 0 radical (unpaired) electrons. The number of rotatable bonds is 6. The molecule has 0 spiro atoms. The molecule has 11 heteroatoms. The molecule has 0 aliphatic rings. The van der Waals surface area contributed by atoms with E-state index in [2.05, 4.69) is 15.3 Å². The van der Waals surface area contributed by atoms with E-state index < -0.39 is 29.3 Å². The molecule has 2 N–H and O–H groups in total. The van der Waals surface area contributed by atoms with Crippen molar-refractivity contribution in [3.63, 3.8) is 0 Å². The third-order valence-corrected chi connectivity index (χ3v) is 4.86. The molecule has 3 rings (SSSR count). The van der Waals surface area contributed by atoms with Gasteiger partial charge in [-0.2, -0.15) is 13.2 Å². The maximum atomic E-state index is 12.3. The minimum absolute atomic E-state index is 0.0445. The second kappa shape index (κ2) is 8.99. The fourth-order valence-electron chi connectivity index (χ4n) is 2.52. The molecule has 2 aromatic heterocycles. The summed E-state index contributed by atoms with van der Waals surface area (Å²) in [5.41, 5.74) is 0.881. The molecule has 0 saturated heterocycles. The topological polar surface area (TPSA) is 96.8 Å². The monoisotopic (exact) mass is 436 g/mol. The van der Waals surface area contributed by atoms with Gasteiger partial charge in [-0.1, -0.05) is 12.1 Å². The van der Waals surface area contributed by atoms with E-state index in [0.29, 0.717) is 28.7 Å². The van der Waals surface area contributed by atoms with Gasteiger partial charge in [0.2, 0.25) is 5.91 Å². The number of thioether (sulfide) groups is 1. The molecule has 1 amide bonds. The van der Waals surface area contributed by atoms with Gasteiger partial charge in [0.05, 0.1) is 11.5 Å². The number of nitrogens with zero attached hydrogens (tertiary/aromatic N) is 2. The Morgan fingerprint density at radius 1 is 1.13 bits per heavy atom. The summed E-state index contributed by atoms with van der Waals surface area (Å²) in [5, 5.41) is 2.51. The van der Waals surface area contributed by atoms with Crippen LogP contribution in [0, 0.1) is 0 Å². The summed E-state index contributed by atoms with van der Waals surface area (Å²) in [6.07, 6.45) is -0.160. The minimum atomic E-state index is -4.32. The highest BCUT2D eigenvalue weighted by atomic mass is 32.2. The van der Waals surface area contributed by atoms with Gasteiger partial charge < -0.3 is 10.3 Å².